The summed E-state index contributed by atoms with van der Waals surface area (Å²) in [6.45, 7) is -1.32. The van der Waals surface area contributed by atoms with Gasteiger partial charge in [-0.1, -0.05) is 0 Å². The average molecular weight is 339 g/mol. The lowest BCUT2D eigenvalue weighted by molar-refractivity contribution is -0.148. The Hall–Kier alpha value is -1.94. The number of pyridine rings is 1. The minimum absolute atomic E-state index is 0.0336. The lowest BCUT2D eigenvalue weighted by Gasteiger charge is -2.15. The molecule has 1 aromatic rings. The molecule has 10 heteroatoms. The van der Waals surface area contributed by atoms with Crippen molar-refractivity contribution in [2.45, 2.75) is 24.9 Å². The molecule has 1 amide bonds. The van der Waals surface area contributed by atoms with E-state index in [9.17, 15) is 22.4 Å². The van der Waals surface area contributed by atoms with E-state index in [2.05, 4.69) is 15.0 Å². The minimum atomic E-state index is -4.26. The van der Waals surface area contributed by atoms with E-state index >= 15 is 0 Å². The SMILES string of the molecule is COC(CN)CC(=O)Nc1ccc(OCC(F)(F)C(F)F)nc1. The number of hydrogen-bond acceptors (Lipinski definition) is 5. The standard InChI is InChI=1S/C13H17F4N3O3/c1-22-9(5-18)4-10(21)20-8-2-3-11(19-6-8)23-7-13(16,17)12(14)15/h2-3,6,9,12H,4-5,7,18H2,1H3,(H,20,21). The van der Waals surface area contributed by atoms with Gasteiger partial charge in [-0.3, -0.25) is 4.79 Å². The van der Waals surface area contributed by atoms with Gasteiger partial charge < -0.3 is 20.5 Å². The van der Waals surface area contributed by atoms with Crippen LogP contribution in [0.2, 0.25) is 0 Å². The van der Waals surface area contributed by atoms with Gasteiger partial charge in [-0.2, -0.15) is 8.78 Å². The monoisotopic (exact) mass is 339 g/mol. The van der Waals surface area contributed by atoms with Crippen molar-refractivity contribution in [1.29, 1.82) is 0 Å². The normalized spacial score (nSPS) is 13.0. The lowest BCUT2D eigenvalue weighted by atomic mass is 10.2. The number of nitrogens with zero attached hydrogens (tertiary/aromatic N) is 1. The zero-order valence-corrected chi connectivity index (χ0v) is 12.3. The number of ether oxygens (including phenoxy) is 2. The average Bonchev–Trinajstić information content (AvgIpc) is 2.51. The maximum atomic E-state index is 12.7. The predicted octanol–water partition coefficient (Wildman–Crippen LogP) is 1.66. The Morgan fingerprint density at radius 2 is 2.13 bits per heavy atom. The van der Waals surface area contributed by atoms with E-state index in [1.54, 1.807) is 0 Å². The molecular weight excluding hydrogens is 322 g/mol. The number of carbonyl (C=O) groups is 1. The van der Waals surface area contributed by atoms with Crippen molar-refractivity contribution >= 4 is 11.6 Å². The van der Waals surface area contributed by atoms with Crippen LogP contribution >= 0.6 is 0 Å². The number of nitrogens with one attached hydrogen (secondary N) is 1. The number of aromatic nitrogens is 1. The summed E-state index contributed by atoms with van der Waals surface area (Å²) in [4.78, 5) is 15.3. The number of methoxy groups -OCH3 is 1. The summed E-state index contributed by atoms with van der Waals surface area (Å²) in [5, 5.41) is 2.50. The molecule has 130 valence electrons. The smallest absolute Gasteiger partial charge is 0.340 e. The minimum Gasteiger partial charge on any atom is -0.471 e. The van der Waals surface area contributed by atoms with Crippen molar-refractivity contribution in [3.05, 3.63) is 18.3 Å². The quantitative estimate of drug-likeness (QED) is 0.668. The van der Waals surface area contributed by atoms with Crippen molar-refractivity contribution in [2.24, 2.45) is 5.73 Å². The van der Waals surface area contributed by atoms with Crippen LogP contribution in [0.5, 0.6) is 5.88 Å². The zero-order chi connectivity index (χ0) is 17.5. The van der Waals surface area contributed by atoms with Gasteiger partial charge in [0, 0.05) is 19.7 Å². The number of amides is 1. The largest absolute Gasteiger partial charge is 0.471 e. The van der Waals surface area contributed by atoms with Crippen LogP contribution in [0.25, 0.3) is 0 Å². The molecule has 0 radical (unpaired) electrons. The first-order chi connectivity index (χ1) is 10.8. The number of nitrogens with two attached hydrogens (primary N) is 1. The summed E-state index contributed by atoms with van der Waals surface area (Å²) in [7, 11) is 1.42. The van der Waals surface area contributed by atoms with Gasteiger partial charge in [0.2, 0.25) is 11.8 Å². The Kier molecular flexibility index (Phi) is 7.17. The third-order valence-electron chi connectivity index (χ3n) is 2.76. The predicted molar refractivity (Wildman–Crippen MR) is 73.8 cm³/mol. The molecule has 0 aromatic carbocycles. The summed E-state index contributed by atoms with van der Waals surface area (Å²) in [5.41, 5.74) is 5.67. The topological polar surface area (TPSA) is 86.5 Å². The van der Waals surface area contributed by atoms with Gasteiger partial charge in [-0.05, 0) is 6.07 Å². The summed E-state index contributed by atoms with van der Waals surface area (Å²) in [6, 6.07) is 2.51. The number of anilines is 1. The van der Waals surface area contributed by atoms with Gasteiger partial charge >= 0.3 is 12.3 Å². The van der Waals surface area contributed by atoms with Crippen molar-refractivity contribution in [3.63, 3.8) is 0 Å². The van der Waals surface area contributed by atoms with E-state index < -0.39 is 25.1 Å². The molecule has 0 fully saturated rings. The molecule has 1 atom stereocenters. The molecular formula is C13H17F4N3O3. The van der Waals surface area contributed by atoms with Crippen LogP contribution in [0.15, 0.2) is 18.3 Å². The van der Waals surface area contributed by atoms with Crippen LogP contribution < -0.4 is 15.8 Å². The first kappa shape index (κ1) is 19.1. The molecule has 23 heavy (non-hydrogen) atoms. The second kappa shape index (κ2) is 8.63. The molecule has 3 N–H and O–H groups in total. The number of rotatable bonds is 9. The molecule has 6 nitrogen and oxygen atoms in total. The lowest BCUT2D eigenvalue weighted by Crippen LogP contribution is -2.33. The first-order valence-corrected chi connectivity index (χ1v) is 6.56. The summed E-state index contributed by atoms with van der Waals surface area (Å²) in [6.07, 6.45) is -3.07. The Morgan fingerprint density at radius 3 is 2.61 bits per heavy atom. The number of halogens is 4. The fourth-order valence-corrected chi connectivity index (χ4v) is 1.45. The number of alkyl halides is 4. The third kappa shape index (κ3) is 6.37. The van der Waals surface area contributed by atoms with Crippen LogP contribution in [-0.4, -0.2) is 49.6 Å². The van der Waals surface area contributed by atoms with Crippen LogP contribution in [0.3, 0.4) is 0 Å². The Balaban J connectivity index is 2.52. The van der Waals surface area contributed by atoms with Gasteiger partial charge in [-0.15, -0.1) is 0 Å². The van der Waals surface area contributed by atoms with Gasteiger partial charge in [0.05, 0.1) is 24.4 Å². The van der Waals surface area contributed by atoms with E-state index in [0.29, 0.717) is 0 Å². The molecule has 1 unspecified atom stereocenters. The molecule has 0 aliphatic heterocycles. The molecule has 0 aliphatic carbocycles. The molecule has 0 aliphatic rings. The maximum absolute atomic E-state index is 12.7. The Morgan fingerprint density at radius 1 is 1.43 bits per heavy atom. The molecule has 0 saturated carbocycles. The number of carbonyl (C=O) groups excluding carboxylic acids is 1. The molecule has 1 aromatic heterocycles. The summed E-state index contributed by atoms with van der Waals surface area (Å²) < 4.78 is 58.8. The highest BCUT2D eigenvalue weighted by Crippen LogP contribution is 2.24. The van der Waals surface area contributed by atoms with E-state index in [-0.39, 0.29) is 30.4 Å². The van der Waals surface area contributed by atoms with Gasteiger partial charge in [0.15, 0.2) is 6.61 Å². The van der Waals surface area contributed by atoms with Crippen LogP contribution in [0.4, 0.5) is 23.2 Å². The highest BCUT2D eigenvalue weighted by Gasteiger charge is 2.41. The van der Waals surface area contributed by atoms with E-state index in [0.717, 1.165) is 6.20 Å². The van der Waals surface area contributed by atoms with Crippen molar-refractivity contribution in [1.82, 2.24) is 4.98 Å². The van der Waals surface area contributed by atoms with E-state index in [1.807, 2.05) is 0 Å². The summed E-state index contributed by atoms with van der Waals surface area (Å²) in [5.74, 6) is -4.89. The second-order valence-electron chi connectivity index (χ2n) is 4.58. The van der Waals surface area contributed by atoms with Crippen molar-refractivity contribution in [3.8, 4) is 5.88 Å². The molecule has 0 saturated heterocycles. The fraction of sp³-hybridized carbons (Fsp3) is 0.538. The van der Waals surface area contributed by atoms with Crippen LogP contribution in [0, 0.1) is 0 Å². The van der Waals surface area contributed by atoms with Crippen LogP contribution in [0.1, 0.15) is 6.42 Å². The maximum Gasteiger partial charge on any atom is 0.340 e. The van der Waals surface area contributed by atoms with Gasteiger partial charge in [0.1, 0.15) is 0 Å². The van der Waals surface area contributed by atoms with Crippen LogP contribution in [-0.2, 0) is 9.53 Å². The number of hydrogen-bond donors (Lipinski definition) is 2. The fourth-order valence-electron chi connectivity index (χ4n) is 1.45. The molecule has 1 rings (SSSR count). The van der Waals surface area contributed by atoms with E-state index in [4.69, 9.17) is 10.5 Å². The Bertz CT molecular complexity index is 496. The summed E-state index contributed by atoms with van der Waals surface area (Å²) >= 11 is 0. The van der Waals surface area contributed by atoms with Crippen molar-refractivity contribution < 1.29 is 31.8 Å². The third-order valence-corrected chi connectivity index (χ3v) is 2.76. The first-order valence-electron chi connectivity index (χ1n) is 6.56. The van der Waals surface area contributed by atoms with Gasteiger partial charge in [-0.25, -0.2) is 13.8 Å². The second-order valence-corrected chi connectivity index (χ2v) is 4.58. The van der Waals surface area contributed by atoms with Crippen molar-refractivity contribution in [2.75, 3.05) is 25.6 Å². The zero-order valence-electron chi connectivity index (χ0n) is 12.3. The highest BCUT2D eigenvalue weighted by atomic mass is 19.3. The van der Waals surface area contributed by atoms with E-state index in [1.165, 1.54) is 19.2 Å². The van der Waals surface area contributed by atoms with Gasteiger partial charge in [0.25, 0.3) is 0 Å². The molecule has 1 heterocycles. The highest BCUT2D eigenvalue weighted by molar-refractivity contribution is 5.90. The Labute approximate surface area is 130 Å². The molecule has 0 bridgehead atoms. The molecule has 0 spiro atoms.